The van der Waals surface area contributed by atoms with Gasteiger partial charge in [0.05, 0.1) is 31.8 Å². The van der Waals surface area contributed by atoms with Crippen molar-refractivity contribution in [2.45, 2.75) is 37.1 Å². The molecule has 0 unspecified atom stereocenters. The zero-order chi connectivity index (χ0) is 23.1. The molecule has 9 heteroatoms. The third-order valence-electron chi connectivity index (χ3n) is 5.55. The van der Waals surface area contributed by atoms with Gasteiger partial charge in [-0.2, -0.15) is 4.31 Å². The number of hydrogen-bond donors (Lipinski definition) is 1. The van der Waals surface area contributed by atoms with Crippen molar-refractivity contribution in [1.82, 2.24) is 9.62 Å². The molecule has 2 aromatic rings. The molecule has 1 fully saturated rings. The van der Waals surface area contributed by atoms with E-state index < -0.39 is 15.9 Å². The van der Waals surface area contributed by atoms with E-state index in [0.717, 1.165) is 31.2 Å². The van der Waals surface area contributed by atoms with Crippen LogP contribution in [-0.2, 0) is 16.6 Å². The van der Waals surface area contributed by atoms with Crippen LogP contribution in [0.1, 0.15) is 41.6 Å². The van der Waals surface area contributed by atoms with Crippen LogP contribution in [0.5, 0.6) is 17.2 Å². The second kappa shape index (κ2) is 10.7. The lowest BCUT2D eigenvalue weighted by molar-refractivity contribution is 0.0947. The molecule has 0 aromatic heterocycles. The smallest absolute Gasteiger partial charge is 0.255 e. The van der Waals surface area contributed by atoms with Crippen molar-refractivity contribution in [3.05, 3.63) is 47.5 Å². The van der Waals surface area contributed by atoms with Gasteiger partial charge in [0.2, 0.25) is 10.0 Å². The number of carbonyl (C=O) groups excluding carboxylic acids is 1. The Labute approximate surface area is 189 Å². The molecule has 1 heterocycles. The van der Waals surface area contributed by atoms with E-state index >= 15 is 0 Å². The van der Waals surface area contributed by atoms with E-state index in [1.807, 2.05) is 0 Å². The monoisotopic (exact) mass is 462 g/mol. The highest BCUT2D eigenvalue weighted by molar-refractivity contribution is 7.89. The average Bonchev–Trinajstić information content (AvgIpc) is 3.12. The molecule has 0 saturated carbocycles. The Kier molecular flexibility index (Phi) is 7.98. The van der Waals surface area contributed by atoms with Crippen molar-refractivity contribution in [1.29, 1.82) is 0 Å². The minimum atomic E-state index is -3.69. The molecular weight excluding hydrogens is 432 g/mol. The Balaban J connectivity index is 1.85. The van der Waals surface area contributed by atoms with E-state index in [2.05, 4.69) is 5.32 Å². The van der Waals surface area contributed by atoms with Crippen LogP contribution in [0.2, 0.25) is 0 Å². The summed E-state index contributed by atoms with van der Waals surface area (Å²) in [5, 5.41) is 2.82. The first kappa shape index (κ1) is 23.9. The first-order valence-electron chi connectivity index (χ1n) is 10.6. The standard InChI is InChI=1S/C23H30N2O6S/c1-29-18-8-10-21(30-2)17(14-18)16-24-23(26)20-15-19(9-11-22(20)31-3)32(27,28)25-12-6-4-5-7-13-25/h8-11,14-15H,4-7,12-13,16H2,1-3H3,(H,24,26). The second-order valence-corrected chi connectivity index (χ2v) is 9.48. The first-order chi connectivity index (χ1) is 15.4. The molecule has 32 heavy (non-hydrogen) atoms. The number of methoxy groups -OCH3 is 3. The number of rotatable bonds is 8. The zero-order valence-electron chi connectivity index (χ0n) is 18.7. The Morgan fingerprint density at radius 3 is 2.19 bits per heavy atom. The number of nitrogens with zero attached hydrogens (tertiary/aromatic N) is 1. The quantitative estimate of drug-likeness (QED) is 0.648. The average molecular weight is 463 g/mol. The maximum Gasteiger partial charge on any atom is 0.255 e. The molecule has 0 bridgehead atoms. The lowest BCUT2D eigenvalue weighted by Gasteiger charge is -2.20. The van der Waals surface area contributed by atoms with Gasteiger partial charge in [-0.05, 0) is 49.2 Å². The summed E-state index contributed by atoms with van der Waals surface area (Å²) in [6, 6.07) is 9.69. The highest BCUT2D eigenvalue weighted by atomic mass is 32.2. The third-order valence-corrected chi connectivity index (χ3v) is 7.44. The number of ether oxygens (including phenoxy) is 3. The number of carbonyl (C=O) groups is 1. The summed E-state index contributed by atoms with van der Waals surface area (Å²) < 4.78 is 43.8. The highest BCUT2D eigenvalue weighted by Crippen LogP contribution is 2.27. The summed E-state index contributed by atoms with van der Waals surface area (Å²) in [7, 11) is 0.862. The Morgan fingerprint density at radius 1 is 0.906 bits per heavy atom. The van der Waals surface area contributed by atoms with Crippen LogP contribution in [0.15, 0.2) is 41.3 Å². The van der Waals surface area contributed by atoms with Crippen LogP contribution in [-0.4, -0.2) is 53.0 Å². The summed E-state index contributed by atoms with van der Waals surface area (Å²) in [4.78, 5) is 13.1. The number of sulfonamides is 1. The lowest BCUT2D eigenvalue weighted by atomic mass is 10.1. The molecule has 0 aliphatic carbocycles. The molecule has 8 nitrogen and oxygen atoms in total. The Bertz CT molecular complexity index is 1050. The first-order valence-corrected chi connectivity index (χ1v) is 12.0. The zero-order valence-corrected chi connectivity index (χ0v) is 19.5. The normalized spacial score (nSPS) is 15.0. The molecule has 2 aromatic carbocycles. The predicted molar refractivity (Wildman–Crippen MR) is 121 cm³/mol. The van der Waals surface area contributed by atoms with E-state index in [0.29, 0.717) is 30.3 Å². The molecule has 1 N–H and O–H groups in total. The summed E-state index contributed by atoms with van der Waals surface area (Å²) in [6.45, 7) is 1.16. The van der Waals surface area contributed by atoms with Crippen molar-refractivity contribution in [3.63, 3.8) is 0 Å². The molecule has 174 valence electrons. The largest absolute Gasteiger partial charge is 0.497 e. The lowest BCUT2D eigenvalue weighted by Crippen LogP contribution is -2.32. The van der Waals surface area contributed by atoms with Gasteiger partial charge in [-0.15, -0.1) is 0 Å². The molecule has 1 saturated heterocycles. The molecule has 0 spiro atoms. The van der Waals surface area contributed by atoms with Crippen molar-refractivity contribution in [2.75, 3.05) is 34.4 Å². The van der Waals surface area contributed by atoms with Crippen LogP contribution in [0.3, 0.4) is 0 Å². The van der Waals surface area contributed by atoms with Crippen LogP contribution < -0.4 is 19.5 Å². The molecule has 0 atom stereocenters. The molecule has 1 aliphatic rings. The number of nitrogens with one attached hydrogen (secondary N) is 1. The SMILES string of the molecule is COc1ccc(OC)c(CNC(=O)c2cc(S(=O)(=O)N3CCCCCC3)ccc2OC)c1. The van der Waals surface area contributed by atoms with Crippen LogP contribution in [0, 0.1) is 0 Å². The van der Waals surface area contributed by atoms with E-state index in [4.69, 9.17) is 14.2 Å². The van der Waals surface area contributed by atoms with Crippen LogP contribution >= 0.6 is 0 Å². The van der Waals surface area contributed by atoms with Crippen LogP contribution in [0.25, 0.3) is 0 Å². The van der Waals surface area contributed by atoms with E-state index in [9.17, 15) is 13.2 Å². The van der Waals surface area contributed by atoms with Gasteiger partial charge in [-0.25, -0.2) is 8.42 Å². The van der Waals surface area contributed by atoms with E-state index in [-0.39, 0.29) is 17.0 Å². The molecule has 1 aliphatic heterocycles. The van der Waals surface area contributed by atoms with Crippen molar-refractivity contribution < 1.29 is 27.4 Å². The molecule has 3 rings (SSSR count). The van der Waals surface area contributed by atoms with E-state index in [1.54, 1.807) is 32.4 Å². The van der Waals surface area contributed by atoms with Gasteiger partial charge in [0.15, 0.2) is 0 Å². The fourth-order valence-corrected chi connectivity index (χ4v) is 5.29. The summed E-state index contributed by atoms with van der Waals surface area (Å²) >= 11 is 0. The molecular formula is C23H30N2O6S. The number of amides is 1. The van der Waals surface area contributed by atoms with Gasteiger partial charge >= 0.3 is 0 Å². The van der Waals surface area contributed by atoms with Crippen LogP contribution in [0.4, 0.5) is 0 Å². The summed E-state index contributed by atoms with van der Waals surface area (Å²) in [5.74, 6) is 1.10. The maximum atomic E-state index is 13.2. The van der Waals surface area contributed by atoms with Gasteiger partial charge in [0.1, 0.15) is 17.2 Å². The fourth-order valence-electron chi connectivity index (χ4n) is 3.75. The predicted octanol–water partition coefficient (Wildman–Crippen LogP) is 3.21. The van der Waals surface area contributed by atoms with Gasteiger partial charge in [-0.3, -0.25) is 4.79 Å². The highest BCUT2D eigenvalue weighted by Gasteiger charge is 2.27. The number of benzene rings is 2. The van der Waals surface area contributed by atoms with E-state index in [1.165, 1.54) is 29.6 Å². The minimum absolute atomic E-state index is 0.0873. The van der Waals surface area contributed by atoms with Gasteiger partial charge < -0.3 is 19.5 Å². The Hall–Kier alpha value is -2.78. The summed E-state index contributed by atoms with van der Waals surface area (Å²) in [6.07, 6.45) is 3.72. The van der Waals surface area contributed by atoms with Gasteiger partial charge in [0, 0.05) is 25.2 Å². The van der Waals surface area contributed by atoms with Gasteiger partial charge in [-0.1, -0.05) is 12.8 Å². The topological polar surface area (TPSA) is 94.2 Å². The van der Waals surface area contributed by atoms with Crippen molar-refractivity contribution in [2.24, 2.45) is 0 Å². The third kappa shape index (κ3) is 5.34. The summed E-state index contributed by atoms with van der Waals surface area (Å²) in [5.41, 5.74) is 0.887. The maximum absolute atomic E-state index is 13.2. The number of hydrogen-bond acceptors (Lipinski definition) is 6. The van der Waals surface area contributed by atoms with Crippen molar-refractivity contribution in [3.8, 4) is 17.2 Å². The fraction of sp³-hybridized carbons (Fsp3) is 0.435. The van der Waals surface area contributed by atoms with Gasteiger partial charge in [0.25, 0.3) is 5.91 Å². The molecule has 0 radical (unpaired) electrons. The minimum Gasteiger partial charge on any atom is -0.497 e. The Morgan fingerprint density at radius 2 is 1.56 bits per heavy atom. The van der Waals surface area contributed by atoms with Crippen molar-refractivity contribution >= 4 is 15.9 Å². The second-order valence-electron chi connectivity index (χ2n) is 7.54. The molecule has 1 amide bonds.